The largest absolute Gasteiger partial charge is 0.485 e. The molecular weight excluding hydrogens is 244 g/mol. The molecule has 0 saturated carbocycles. The van der Waals surface area contributed by atoms with Gasteiger partial charge in [-0.1, -0.05) is 19.1 Å². The molecule has 0 spiro atoms. The van der Waals surface area contributed by atoms with Gasteiger partial charge < -0.3 is 20.1 Å². The maximum Gasteiger partial charge on any atom is 0.267 e. The number of amides is 1. The second-order valence-corrected chi connectivity index (χ2v) is 4.92. The summed E-state index contributed by atoms with van der Waals surface area (Å²) in [5.41, 5.74) is 5.57. The minimum Gasteiger partial charge on any atom is -0.485 e. The van der Waals surface area contributed by atoms with Gasteiger partial charge in [-0.15, -0.1) is 0 Å². The van der Waals surface area contributed by atoms with Crippen molar-refractivity contribution in [1.82, 2.24) is 4.90 Å². The molecule has 19 heavy (non-hydrogen) atoms. The molecule has 2 atom stereocenters. The Morgan fingerprint density at radius 1 is 1.47 bits per heavy atom. The highest BCUT2D eigenvalue weighted by Gasteiger charge is 2.29. The van der Waals surface area contributed by atoms with E-state index >= 15 is 0 Å². The molecule has 0 bridgehead atoms. The Morgan fingerprint density at radius 2 is 2.16 bits per heavy atom. The molecule has 5 heteroatoms. The van der Waals surface area contributed by atoms with Crippen LogP contribution >= 0.6 is 0 Å². The molecule has 1 aromatic rings. The summed E-state index contributed by atoms with van der Waals surface area (Å²) in [5, 5.41) is 0. The van der Waals surface area contributed by atoms with Gasteiger partial charge in [-0.25, -0.2) is 0 Å². The average Bonchev–Trinajstić information content (AvgIpc) is 2.45. The minimum atomic E-state index is -0.579. The molecule has 1 aliphatic rings. The number of carbonyl (C=O) groups is 1. The van der Waals surface area contributed by atoms with Crippen molar-refractivity contribution < 1.29 is 14.3 Å². The zero-order chi connectivity index (χ0) is 13.8. The summed E-state index contributed by atoms with van der Waals surface area (Å²) in [5.74, 6) is 1.50. The lowest BCUT2D eigenvalue weighted by atomic mass is 10.1. The highest BCUT2D eigenvalue weighted by Crippen LogP contribution is 2.31. The van der Waals surface area contributed by atoms with Crippen molar-refractivity contribution in [1.29, 1.82) is 0 Å². The van der Waals surface area contributed by atoms with Gasteiger partial charge in [0.2, 0.25) is 6.10 Å². The summed E-state index contributed by atoms with van der Waals surface area (Å²) in [6, 6.07) is 7.36. The maximum absolute atomic E-state index is 12.2. The number of nitrogens with two attached hydrogens (primary N) is 1. The Kier molecular flexibility index (Phi) is 4.27. The van der Waals surface area contributed by atoms with Crippen LogP contribution in [0.2, 0.25) is 0 Å². The number of nitrogens with zero attached hydrogens (tertiary/aromatic N) is 1. The van der Waals surface area contributed by atoms with Crippen molar-refractivity contribution in [3.05, 3.63) is 24.3 Å². The van der Waals surface area contributed by atoms with Crippen LogP contribution in [0.3, 0.4) is 0 Å². The first-order chi connectivity index (χ1) is 9.11. The Bertz CT molecular complexity index is 450. The van der Waals surface area contributed by atoms with E-state index in [4.69, 9.17) is 15.2 Å². The van der Waals surface area contributed by atoms with Gasteiger partial charge in [-0.05, 0) is 24.6 Å². The molecule has 2 rings (SSSR count). The Balaban J connectivity index is 1.98. The van der Waals surface area contributed by atoms with Gasteiger partial charge in [-0.2, -0.15) is 0 Å². The molecule has 104 valence electrons. The van der Waals surface area contributed by atoms with Gasteiger partial charge in [0.05, 0.1) is 0 Å². The highest BCUT2D eigenvalue weighted by molar-refractivity contribution is 5.81. The first-order valence-corrected chi connectivity index (χ1v) is 6.45. The van der Waals surface area contributed by atoms with E-state index in [-0.39, 0.29) is 18.4 Å². The lowest BCUT2D eigenvalue weighted by molar-refractivity contribution is -0.140. The van der Waals surface area contributed by atoms with Gasteiger partial charge in [0, 0.05) is 13.6 Å². The summed E-state index contributed by atoms with van der Waals surface area (Å²) in [6.45, 7) is 3.44. The SMILES string of the molecule is CC(CN)CN(C)C(=O)C1COc2ccccc2O1. The topological polar surface area (TPSA) is 64.8 Å². The van der Waals surface area contributed by atoms with Crippen molar-refractivity contribution >= 4 is 5.91 Å². The van der Waals surface area contributed by atoms with Gasteiger partial charge in [-0.3, -0.25) is 4.79 Å². The zero-order valence-corrected chi connectivity index (χ0v) is 11.3. The molecule has 1 amide bonds. The number of likely N-dealkylation sites (N-methyl/N-ethyl adjacent to an activating group) is 1. The van der Waals surface area contributed by atoms with Crippen LogP contribution in [0, 0.1) is 5.92 Å². The van der Waals surface area contributed by atoms with Gasteiger partial charge >= 0.3 is 0 Å². The summed E-state index contributed by atoms with van der Waals surface area (Å²) in [6.07, 6.45) is -0.579. The molecule has 1 aromatic carbocycles. The molecule has 0 aromatic heterocycles. The van der Waals surface area contributed by atoms with E-state index in [0.29, 0.717) is 24.6 Å². The van der Waals surface area contributed by atoms with E-state index in [1.165, 1.54) is 0 Å². The van der Waals surface area contributed by atoms with Crippen LogP contribution in [-0.2, 0) is 4.79 Å². The van der Waals surface area contributed by atoms with Crippen LogP contribution in [-0.4, -0.2) is 43.7 Å². The highest BCUT2D eigenvalue weighted by atomic mass is 16.6. The van der Waals surface area contributed by atoms with Crippen LogP contribution in [0.4, 0.5) is 0 Å². The van der Waals surface area contributed by atoms with Crippen molar-refractivity contribution in [2.45, 2.75) is 13.0 Å². The summed E-state index contributed by atoms with van der Waals surface area (Å²) in [7, 11) is 1.76. The molecule has 2 N–H and O–H groups in total. The third-order valence-electron chi connectivity index (χ3n) is 3.15. The number of rotatable bonds is 4. The first kappa shape index (κ1) is 13.7. The Hall–Kier alpha value is -1.75. The zero-order valence-electron chi connectivity index (χ0n) is 11.3. The number of hydrogen-bond acceptors (Lipinski definition) is 4. The quantitative estimate of drug-likeness (QED) is 0.876. The summed E-state index contributed by atoms with van der Waals surface area (Å²) >= 11 is 0. The van der Waals surface area contributed by atoms with Crippen LogP contribution in [0.5, 0.6) is 11.5 Å². The molecule has 5 nitrogen and oxygen atoms in total. The van der Waals surface area contributed by atoms with Crippen molar-refractivity contribution in [2.75, 3.05) is 26.7 Å². The third-order valence-corrected chi connectivity index (χ3v) is 3.15. The van der Waals surface area contributed by atoms with Crippen LogP contribution in [0.1, 0.15) is 6.92 Å². The standard InChI is InChI=1S/C14H20N2O3/c1-10(7-15)8-16(2)14(17)13-9-18-11-5-3-4-6-12(11)19-13/h3-6,10,13H,7-9,15H2,1-2H3. The molecule has 0 saturated heterocycles. The van der Waals surface area contributed by atoms with Crippen LogP contribution < -0.4 is 15.2 Å². The third kappa shape index (κ3) is 3.17. The lowest BCUT2D eigenvalue weighted by Crippen LogP contribution is -2.46. The van der Waals surface area contributed by atoms with E-state index in [1.807, 2.05) is 25.1 Å². The fourth-order valence-corrected chi connectivity index (χ4v) is 2.02. The number of para-hydroxylation sites is 2. The minimum absolute atomic E-state index is 0.0743. The normalized spacial score (nSPS) is 18.8. The van der Waals surface area contributed by atoms with E-state index in [9.17, 15) is 4.79 Å². The average molecular weight is 264 g/mol. The second kappa shape index (κ2) is 5.93. The van der Waals surface area contributed by atoms with Gasteiger partial charge in [0.1, 0.15) is 6.61 Å². The lowest BCUT2D eigenvalue weighted by Gasteiger charge is -2.29. The summed E-state index contributed by atoms with van der Waals surface area (Å²) < 4.78 is 11.2. The Labute approximate surface area is 113 Å². The molecule has 2 unspecified atom stereocenters. The van der Waals surface area contributed by atoms with Crippen LogP contribution in [0.25, 0.3) is 0 Å². The number of benzene rings is 1. The molecular formula is C14H20N2O3. The first-order valence-electron chi connectivity index (χ1n) is 6.45. The van der Waals surface area contributed by atoms with Crippen molar-refractivity contribution in [3.8, 4) is 11.5 Å². The van der Waals surface area contributed by atoms with Gasteiger partial charge in [0.15, 0.2) is 11.5 Å². The van der Waals surface area contributed by atoms with Crippen molar-refractivity contribution in [2.24, 2.45) is 11.7 Å². The van der Waals surface area contributed by atoms with Gasteiger partial charge in [0.25, 0.3) is 5.91 Å². The number of carbonyl (C=O) groups excluding carboxylic acids is 1. The molecule has 0 aliphatic carbocycles. The van der Waals surface area contributed by atoms with Crippen molar-refractivity contribution in [3.63, 3.8) is 0 Å². The maximum atomic E-state index is 12.2. The number of ether oxygens (including phenoxy) is 2. The number of hydrogen-bond donors (Lipinski definition) is 1. The van der Waals surface area contributed by atoms with E-state index in [1.54, 1.807) is 18.0 Å². The second-order valence-electron chi connectivity index (χ2n) is 4.92. The van der Waals surface area contributed by atoms with Crippen LogP contribution in [0.15, 0.2) is 24.3 Å². The fraction of sp³-hybridized carbons (Fsp3) is 0.500. The Morgan fingerprint density at radius 3 is 2.84 bits per heavy atom. The molecule has 0 radical (unpaired) electrons. The number of fused-ring (bicyclic) bond motifs is 1. The predicted octanol–water partition coefficient (Wildman–Crippen LogP) is 0.880. The van der Waals surface area contributed by atoms with E-state index in [0.717, 1.165) is 0 Å². The monoisotopic (exact) mass is 264 g/mol. The predicted molar refractivity (Wildman–Crippen MR) is 72.2 cm³/mol. The van der Waals surface area contributed by atoms with E-state index in [2.05, 4.69) is 0 Å². The molecule has 0 fully saturated rings. The molecule has 1 aliphatic heterocycles. The summed E-state index contributed by atoms with van der Waals surface area (Å²) in [4.78, 5) is 13.9. The van der Waals surface area contributed by atoms with E-state index < -0.39 is 6.10 Å². The fourth-order valence-electron chi connectivity index (χ4n) is 2.02. The molecule has 1 heterocycles. The smallest absolute Gasteiger partial charge is 0.267 e.